The van der Waals surface area contributed by atoms with Gasteiger partial charge in [-0.25, -0.2) is 4.98 Å². The molecule has 0 radical (unpaired) electrons. The van der Waals surface area contributed by atoms with E-state index in [0.29, 0.717) is 24.4 Å². The molecule has 7 nitrogen and oxygen atoms in total. The van der Waals surface area contributed by atoms with Crippen LogP contribution in [0.3, 0.4) is 0 Å². The molecule has 0 bridgehead atoms. The van der Waals surface area contributed by atoms with Crippen LogP contribution in [0.1, 0.15) is 62.1 Å². The van der Waals surface area contributed by atoms with E-state index in [1.165, 1.54) is 0 Å². The Morgan fingerprint density at radius 3 is 2.43 bits per heavy atom. The Morgan fingerprint density at radius 1 is 0.971 bits per heavy atom. The number of nitrogens with one attached hydrogen (secondary N) is 1. The smallest absolute Gasteiger partial charge is 0.255 e. The summed E-state index contributed by atoms with van der Waals surface area (Å²) in [5.41, 5.74) is 2.48. The van der Waals surface area contributed by atoms with Crippen molar-refractivity contribution >= 4 is 22.8 Å². The van der Waals surface area contributed by atoms with Gasteiger partial charge in [0.15, 0.2) is 0 Å². The number of hydrogen-bond donors (Lipinski definition) is 1. The Balaban J connectivity index is 1.55. The van der Waals surface area contributed by atoms with Crippen LogP contribution in [-0.4, -0.2) is 53.0 Å². The fourth-order valence-corrected chi connectivity index (χ4v) is 4.34. The van der Waals surface area contributed by atoms with E-state index in [1.54, 1.807) is 19.2 Å². The molecule has 0 atom stereocenters. The number of unbranched alkanes of at least 4 members (excludes halogenated alkanes) is 2. The summed E-state index contributed by atoms with van der Waals surface area (Å²) in [7, 11) is 1.57. The highest BCUT2D eigenvalue weighted by atomic mass is 16.5. The maximum absolute atomic E-state index is 13.1. The summed E-state index contributed by atoms with van der Waals surface area (Å²) in [6.45, 7) is 6.71. The lowest BCUT2D eigenvalue weighted by molar-refractivity contribution is -0.131. The van der Waals surface area contributed by atoms with Gasteiger partial charge in [-0.3, -0.25) is 9.59 Å². The number of carbonyl (C=O) groups excluding carboxylic acids is 2. The SMILES string of the molecule is CCCN(CCC)C(=O)Cn1c(CCCCCNC(=O)c2ccccc2OC)nc2ccccc21. The summed E-state index contributed by atoms with van der Waals surface area (Å²) in [4.78, 5) is 32.3. The topological polar surface area (TPSA) is 76.5 Å². The molecule has 0 fully saturated rings. The number of methoxy groups -OCH3 is 1. The van der Waals surface area contributed by atoms with Gasteiger partial charge in [-0.05, 0) is 49.9 Å². The molecule has 1 heterocycles. The zero-order valence-electron chi connectivity index (χ0n) is 21.3. The maximum Gasteiger partial charge on any atom is 0.255 e. The molecule has 2 amide bonds. The van der Waals surface area contributed by atoms with Gasteiger partial charge in [-0.2, -0.15) is 0 Å². The fourth-order valence-electron chi connectivity index (χ4n) is 4.34. The predicted octanol–water partition coefficient (Wildman–Crippen LogP) is 4.84. The predicted molar refractivity (Wildman–Crippen MR) is 140 cm³/mol. The van der Waals surface area contributed by atoms with Crippen LogP contribution in [-0.2, 0) is 17.8 Å². The molecule has 0 unspecified atom stereocenters. The number of carbonyl (C=O) groups is 2. The van der Waals surface area contributed by atoms with Gasteiger partial charge in [0.1, 0.15) is 18.1 Å². The Bertz CT molecular complexity index is 1100. The first-order chi connectivity index (χ1) is 17.1. The Kier molecular flexibility index (Phi) is 10.1. The van der Waals surface area contributed by atoms with Gasteiger partial charge in [0.05, 0.1) is 23.7 Å². The Labute approximate surface area is 208 Å². The molecule has 3 rings (SSSR count). The van der Waals surface area contributed by atoms with Gasteiger partial charge < -0.3 is 19.5 Å². The van der Waals surface area contributed by atoms with Crippen LogP contribution in [0.25, 0.3) is 11.0 Å². The third-order valence-corrected chi connectivity index (χ3v) is 6.08. The van der Waals surface area contributed by atoms with Crippen molar-refractivity contribution in [2.45, 2.75) is 58.9 Å². The second-order valence-electron chi connectivity index (χ2n) is 8.75. The van der Waals surface area contributed by atoms with E-state index in [1.807, 2.05) is 41.3 Å². The minimum atomic E-state index is -0.119. The van der Waals surface area contributed by atoms with Crippen molar-refractivity contribution in [3.63, 3.8) is 0 Å². The second-order valence-corrected chi connectivity index (χ2v) is 8.75. The van der Waals surface area contributed by atoms with Gasteiger partial charge in [-0.15, -0.1) is 0 Å². The normalized spacial score (nSPS) is 10.9. The molecule has 3 aromatic rings. The number of hydrogen-bond acceptors (Lipinski definition) is 4. The number of para-hydroxylation sites is 3. The average molecular weight is 479 g/mol. The molecule has 1 N–H and O–H groups in total. The lowest BCUT2D eigenvalue weighted by Gasteiger charge is -2.22. The van der Waals surface area contributed by atoms with Crippen LogP contribution in [0, 0.1) is 0 Å². The largest absolute Gasteiger partial charge is 0.496 e. The van der Waals surface area contributed by atoms with E-state index in [2.05, 4.69) is 23.7 Å². The Hall–Kier alpha value is -3.35. The van der Waals surface area contributed by atoms with E-state index in [-0.39, 0.29) is 11.8 Å². The fraction of sp³-hybridized carbons (Fsp3) is 0.464. The highest BCUT2D eigenvalue weighted by Crippen LogP contribution is 2.19. The van der Waals surface area contributed by atoms with E-state index in [0.717, 1.165) is 68.5 Å². The quantitative estimate of drug-likeness (QED) is 0.337. The number of aryl methyl sites for hydroxylation is 1. The van der Waals surface area contributed by atoms with Crippen LogP contribution < -0.4 is 10.1 Å². The summed E-state index contributed by atoms with van der Waals surface area (Å²) >= 11 is 0. The molecule has 35 heavy (non-hydrogen) atoms. The zero-order chi connectivity index (χ0) is 25.0. The zero-order valence-corrected chi connectivity index (χ0v) is 21.3. The number of ether oxygens (including phenoxy) is 1. The first kappa shape index (κ1) is 26.3. The molecule has 0 aliphatic carbocycles. The molecule has 0 aliphatic heterocycles. The molecule has 0 saturated carbocycles. The molecular formula is C28H38N4O3. The molecule has 7 heteroatoms. The van der Waals surface area contributed by atoms with Gasteiger partial charge in [-0.1, -0.05) is 44.5 Å². The van der Waals surface area contributed by atoms with Crippen molar-refractivity contribution < 1.29 is 14.3 Å². The van der Waals surface area contributed by atoms with Crippen molar-refractivity contribution in [1.29, 1.82) is 0 Å². The number of nitrogens with zero attached hydrogens (tertiary/aromatic N) is 3. The van der Waals surface area contributed by atoms with Crippen molar-refractivity contribution in [3.8, 4) is 5.75 Å². The molecule has 2 aromatic carbocycles. The van der Waals surface area contributed by atoms with E-state index < -0.39 is 0 Å². The van der Waals surface area contributed by atoms with Crippen molar-refractivity contribution in [2.24, 2.45) is 0 Å². The first-order valence-corrected chi connectivity index (χ1v) is 12.7. The minimum absolute atomic E-state index is 0.119. The van der Waals surface area contributed by atoms with E-state index >= 15 is 0 Å². The summed E-state index contributed by atoms with van der Waals surface area (Å²) in [5.74, 6) is 1.56. The number of amides is 2. The number of benzene rings is 2. The van der Waals surface area contributed by atoms with Gasteiger partial charge in [0.25, 0.3) is 5.91 Å². The number of aromatic nitrogens is 2. The van der Waals surface area contributed by atoms with Crippen LogP contribution in [0.15, 0.2) is 48.5 Å². The first-order valence-electron chi connectivity index (χ1n) is 12.7. The number of imidazole rings is 1. The minimum Gasteiger partial charge on any atom is -0.496 e. The molecule has 0 saturated heterocycles. The maximum atomic E-state index is 13.1. The molecular weight excluding hydrogens is 440 g/mol. The molecule has 0 aliphatic rings. The molecule has 188 valence electrons. The molecule has 1 aromatic heterocycles. The number of fused-ring (bicyclic) bond motifs is 1. The van der Waals surface area contributed by atoms with Gasteiger partial charge in [0, 0.05) is 26.1 Å². The van der Waals surface area contributed by atoms with Crippen LogP contribution in [0.2, 0.25) is 0 Å². The summed E-state index contributed by atoms with van der Waals surface area (Å²) < 4.78 is 7.35. The second kappa shape index (κ2) is 13.5. The van der Waals surface area contributed by atoms with Crippen molar-refractivity contribution in [3.05, 3.63) is 59.9 Å². The summed E-state index contributed by atoms with van der Waals surface area (Å²) in [5, 5.41) is 2.98. The Morgan fingerprint density at radius 2 is 1.69 bits per heavy atom. The summed E-state index contributed by atoms with van der Waals surface area (Å²) in [6, 6.07) is 15.3. The highest BCUT2D eigenvalue weighted by molar-refractivity contribution is 5.96. The average Bonchev–Trinajstić information content (AvgIpc) is 3.22. The monoisotopic (exact) mass is 478 g/mol. The highest BCUT2D eigenvalue weighted by Gasteiger charge is 2.17. The third kappa shape index (κ3) is 7.07. The van der Waals surface area contributed by atoms with E-state index in [9.17, 15) is 9.59 Å². The molecule has 0 spiro atoms. The number of rotatable bonds is 14. The standard InChI is InChI=1S/C28H38N4O3/c1-4-19-31(20-5-2)27(33)21-32-24-15-10-9-14-23(24)30-26(32)17-7-6-12-18-29-28(34)22-13-8-11-16-25(22)35-3/h8-11,13-16H,4-7,12,17-21H2,1-3H3,(H,29,34). The third-order valence-electron chi connectivity index (χ3n) is 6.08. The summed E-state index contributed by atoms with van der Waals surface area (Å²) in [6.07, 6.45) is 5.48. The van der Waals surface area contributed by atoms with Crippen LogP contribution >= 0.6 is 0 Å². The lowest BCUT2D eigenvalue weighted by atomic mass is 10.1. The van der Waals surface area contributed by atoms with Crippen molar-refractivity contribution in [2.75, 3.05) is 26.7 Å². The van der Waals surface area contributed by atoms with Crippen molar-refractivity contribution in [1.82, 2.24) is 19.8 Å². The van der Waals surface area contributed by atoms with E-state index in [4.69, 9.17) is 9.72 Å². The van der Waals surface area contributed by atoms with Crippen LogP contribution in [0.5, 0.6) is 5.75 Å². The van der Waals surface area contributed by atoms with Gasteiger partial charge >= 0.3 is 0 Å². The lowest BCUT2D eigenvalue weighted by Crippen LogP contribution is -2.35. The van der Waals surface area contributed by atoms with Gasteiger partial charge in [0.2, 0.25) is 5.91 Å². The van der Waals surface area contributed by atoms with Crippen LogP contribution in [0.4, 0.5) is 0 Å².